The van der Waals surface area contributed by atoms with E-state index in [0.717, 1.165) is 0 Å². The molecule has 0 saturated heterocycles. The van der Waals surface area contributed by atoms with Crippen molar-refractivity contribution in [2.45, 2.75) is 19.0 Å². The smallest absolute Gasteiger partial charge is 0.265 e. The SMILES string of the molecule is O=C1CC=C(c2ccc(Cl)cc2)N(CC(O)C(F)F)N1c1cccnc1. The van der Waals surface area contributed by atoms with Crippen molar-refractivity contribution >= 4 is 28.9 Å². The van der Waals surface area contributed by atoms with E-state index in [2.05, 4.69) is 4.98 Å². The number of aliphatic hydroxyl groups is 1. The van der Waals surface area contributed by atoms with Gasteiger partial charge in [0.15, 0.2) is 0 Å². The summed E-state index contributed by atoms with van der Waals surface area (Å²) in [7, 11) is 0. The number of β-amino-alcohol motifs (C(OH)–C–C–N with tert-alkyl or cyclic N) is 1. The minimum atomic E-state index is -2.94. The molecule has 1 aromatic heterocycles. The van der Waals surface area contributed by atoms with Crippen LogP contribution in [-0.4, -0.2) is 40.1 Å². The van der Waals surface area contributed by atoms with Crippen molar-refractivity contribution in [2.75, 3.05) is 11.6 Å². The van der Waals surface area contributed by atoms with Crippen molar-refractivity contribution in [3.05, 3.63) is 65.5 Å². The molecule has 136 valence electrons. The normalized spacial score (nSPS) is 16.0. The summed E-state index contributed by atoms with van der Waals surface area (Å²) in [5.74, 6) is -0.308. The molecule has 5 nitrogen and oxygen atoms in total. The lowest BCUT2D eigenvalue weighted by Gasteiger charge is -2.41. The largest absolute Gasteiger partial charge is 0.385 e. The van der Waals surface area contributed by atoms with Crippen LogP contribution in [0.5, 0.6) is 0 Å². The average molecular weight is 380 g/mol. The molecule has 26 heavy (non-hydrogen) atoms. The first-order chi connectivity index (χ1) is 12.5. The Kier molecular flexibility index (Phi) is 5.49. The molecule has 1 amide bonds. The number of hydrogen-bond acceptors (Lipinski definition) is 4. The highest BCUT2D eigenvalue weighted by Gasteiger charge is 2.33. The van der Waals surface area contributed by atoms with Crippen molar-refractivity contribution in [3.63, 3.8) is 0 Å². The second-order valence-electron chi connectivity index (χ2n) is 5.70. The first kappa shape index (κ1) is 18.3. The van der Waals surface area contributed by atoms with Crippen molar-refractivity contribution < 1.29 is 18.7 Å². The summed E-state index contributed by atoms with van der Waals surface area (Å²) < 4.78 is 25.9. The molecular formula is C18H16ClF2N3O2. The molecule has 3 rings (SSSR count). The van der Waals surface area contributed by atoms with Crippen LogP contribution in [0.2, 0.25) is 5.02 Å². The molecule has 1 aromatic carbocycles. The fourth-order valence-corrected chi connectivity index (χ4v) is 2.83. The van der Waals surface area contributed by atoms with Gasteiger partial charge in [-0.3, -0.25) is 14.8 Å². The number of aromatic nitrogens is 1. The molecule has 1 aliphatic heterocycles. The van der Waals surface area contributed by atoms with Gasteiger partial charge in [-0.1, -0.05) is 23.7 Å². The minimum Gasteiger partial charge on any atom is -0.385 e. The minimum absolute atomic E-state index is 0.0914. The van der Waals surface area contributed by atoms with E-state index in [1.165, 1.54) is 16.2 Å². The Bertz CT molecular complexity index is 800. The van der Waals surface area contributed by atoms with Gasteiger partial charge in [-0.05, 0) is 35.9 Å². The Morgan fingerprint density at radius 2 is 1.96 bits per heavy atom. The predicted molar refractivity (Wildman–Crippen MR) is 94.5 cm³/mol. The van der Waals surface area contributed by atoms with Crippen LogP contribution in [0.25, 0.3) is 5.70 Å². The third-order valence-corrected chi connectivity index (χ3v) is 4.16. The van der Waals surface area contributed by atoms with Crippen LogP contribution in [0.4, 0.5) is 14.5 Å². The number of halogens is 3. The van der Waals surface area contributed by atoms with Crippen LogP contribution in [0.1, 0.15) is 12.0 Å². The molecule has 2 heterocycles. The van der Waals surface area contributed by atoms with Crippen molar-refractivity contribution in [1.29, 1.82) is 0 Å². The molecule has 1 atom stereocenters. The quantitative estimate of drug-likeness (QED) is 0.865. The zero-order valence-corrected chi connectivity index (χ0v) is 14.4. The van der Waals surface area contributed by atoms with Gasteiger partial charge in [0.25, 0.3) is 6.43 Å². The van der Waals surface area contributed by atoms with Gasteiger partial charge in [0.1, 0.15) is 6.10 Å². The molecule has 1 N–H and O–H groups in total. The number of anilines is 1. The van der Waals surface area contributed by atoms with E-state index in [0.29, 0.717) is 22.0 Å². The van der Waals surface area contributed by atoms with Gasteiger partial charge in [0.05, 0.1) is 24.1 Å². The fraction of sp³-hybridized carbons (Fsp3) is 0.222. The number of carbonyl (C=O) groups excluding carboxylic acids is 1. The van der Waals surface area contributed by atoms with Crippen molar-refractivity contribution in [1.82, 2.24) is 9.99 Å². The fourth-order valence-electron chi connectivity index (χ4n) is 2.70. The van der Waals surface area contributed by atoms with Crippen molar-refractivity contribution in [2.24, 2.45) is 0 Å². The molecule has 0 saturated carbocycles. The standard InChI is InChI=1S/C18H16ClF2N3O2/c19-13-5-3-12(4-6-13)15-7-8-17(26)24(14-2-1-9-22-10-14)23(15)11-16(25)18(20)21/h1-7,9-10,16,18,25H,8,11H2. The number of hydrogen-bond donors (Lipinski definition) is 1. The molecule has 0 fully saturated rings. The van der Waals surface area contributed by atoms with Gasteiger partial charge in [0.2, 0.25) is 5.91 Å². The Hall–Kier alpha value is -2.51. The van der Waals surface area contributed by atoms with Crippen LogP contribution < -0.4 is 5.01 Å². The van der Waals surface area contributed by atoms with E-state index >= 15 is 0 Å². The number of aliphatic hydroxyl groups excluding tert-OH is 1. The van der Waals surface area contributed by atoms with Gasteiger partial charge >= 0.3 is 0 Å². The molecule has 0 aliphatic carbocycles. The van der Waals surface area contributed by atoms with Crippen LogP contribution in [0.3, 0.4) is 0 Å². The molecule has 8 heteroatoms. The van der Waals surface area contributed by atoms with E-state index in [9.17, 15) is 18.7 Å². The molecule has 0 bridgehead atoms. The summed E-state index contributed by atoms with van der Waals surface area (Å²) in [5, 5.41) is 12.9. The Balaban J connectivity index is 2.04. The zero-order valence-electron chi connectivity index (χ0n) is 13.6. The van der Waals surface area contributed by atoms with Crippen LogP contribution in [0, 0.1) is 0 Å². The van der Waals surface area contributed by atoms with Gasteiger partial charge < -0.3 is 5.11 Å². The molecule has 1 aliphatic rings. The van der Waals surface area contributed by atoms with Crippen LogP contribution in [0.15, 0.2) is 54.9 Å². The second-order valence-corrected chi connectivity index (χ2v) is 6.14. The number of pyridine rings is 1. The Morgan fingerprint density at radius 1 is 1.23 bits per heavy atom. The average Bonchev–Trinajstić information content (AvgIpc) is 2.63. The highest BCUT2D eigenvalue weighted by molar-refractivity contribution is 6.30. The first-order valence-corrected chi connectivity index (χ1v) is 8.28. The number of alkyl halides is 2. The lowest BCUT2D eigenvalue weighted by molar-refractivity contribution is -0.121. The van der Waals surface area contributed by atoms with Crippen LogP contribution >= 0.6 is 11.6 Å². The van der Waals surface area contributed by atoms with Gasteiger partial charge in [0, 0.05) is 17.6 Å². The topological polar surface area (TPSA) is 56.7 Å². The van der Waals surface area contributed by atoms with E-state index in [-0.39, 0.29) is 12.3 Å². The number of nitrogens with zero attached hydrogens (tertiary/aromatic N) is 3. The monoisotopic (exact) mass is 379 g/mol. The van der Waals surface area contributed by atoms with Gasteiger partial charge in [-0.25, -0.2) is 13.8 Å². The highest BCUT2D eigenvalue weighted by atomic mass is 35.5. The summed E-state index contributed by atoms with van der Waals surface area (Å²) in [5.41, 5.74) is 1.65. The van der Waals surface area contributed by atoms with E-state index in [1.807, 2.05) is 0 Å². The highest BCUT2D eigenvalue weighted by Crippen LogP contribution is 2.31. The third-order valence-electron chi connectivity index (χ3n) is 3.91. The number of hydrazine groups is 1. The maximum Gasteiger partial charge on any atom is 0.265 e. The predicted octanol–water partition coefficient (Wildman–Crippen LogP) is 3.36. The van der Waals surface area contributed by atoms with Crippen LogP contribution in [-0.2, 0) is 4.79 Å². The maximum absolute atomic E-state index is 13.0. The van der Waals surface area contributed by atoms with Gasteiger partial charge in [-0.2, -0.15) is 0 Å². The number of rotatable bonds is 5. The molecule has 0 radical (unpaired) electrons. The number of carbonyl (C=O) groups is 1. The maximum atomic E-state index is 13.0. The van der Waals surface area contributed by atoms with E-state index in [1.54, 1.807) is 48.7 Å². The number of benzene rings is 1. The van der Waals surface area contributed by atoms with E-state index < -0.39 is 19.1 Å². The molecule has 2 aromatic rings. The van der Waals surface area contributed by atoms with Crippen molar-refractivity contribution in [3.8, 4) is 0 Å². The van der Waals surface area contributed by atoms with Gasteiger partial charge in [-0.15, -0.1) is 0 Å². The van der Waals surface area contributed by atoms with E-state index in [4.69, 9.17) is 11.6 Å². The summed E-state index contributed by atoms with van der Waals surface area (Å²) in [4.78, 5) is 16.5. The summed E-state index contributed by atoms with van der Waals surface area (Å²) >= 11 is 5.92. The Labute approximate surface area is 154 Å². The summed E-state index contributed by atoms with van der Waals surface area (Å²) in [6.07, 6.45) is -0.105. The second kappa shape index (κ2) is 7.80. The molecular weight excluding hydrogens is 364 g/mol. The third kappa shape index (κ3) is 3.84. The number of amides is 1. The first-order valence-electron chi connectivity index (χ1n) is 7.90. The molecule has 0 spiro atoms. The lowest BCUT2D eigenvalue weighted by Crippen LogP contribution is -2.51. The lowest BCUT2D eigenvalue weighted by atomic mass is 10.1. The summed E-state index contributed by atoms with van der Waals surface area (Å²) in [6.45, 7) is -0.452. The Morgan fingerprint density at radius 3 is 2.58 bits per heavy atom. The summed E-state index contributed by atoms with van der Waals surface area (Å²) in [6, 6.07) is 10.1. The zero-order chi connectivity index (χ0) is 18.7. The molecule has 1 unspecified atom stereocenters.